The van der Waals surface area contributed by atoms with Crippen molar-refractivity contribution in [3.05, 3.63) is 34.0 Å². The maximum atomic E-state index is 10.4. The van der Waals surface area contributed by atoms with Gasteiger partial charge >= 0.3 is 0 Å². The summed E-state index contributed by atoms with van der Waals surface area (Å²) in [6.45, 7) is 7.28. The zero-order valence-electron chi connectivity index (χ0n) is 12.4. The smallest absolute Gasteiger partial charge is 0.102 e. The van der Waals surface area contributed by atoms with Gasteiger partial charge in [0.05, 0.1) is 11.2 Å². The third-order valence-corrected chi connectivity index (χ3v) is 4.46. The summed E-state index contributed by atoms with van der Waals surface area (Å²) in [6, 6.07) is 0. The van der Waals surface area contributed by atoms with E-state index in [2.05, 4.69) is 29.2 Å². The monoisotopic (exact) mass is 294 g/mol. The molecule has 0 spiro atoms. The van der Waals surface area contributed by atoms with E-state index in [4.69, 9.17) is 0 Å². The highest BCUT2D eigenvalue weighted by Crippen LogP contribution is 2.22. The zero-order valence-corrected chi connectivity index (χ0v) is 13.2. The molecule has 0 aliphatic carbocycles. The van der Waals surface area contributed by atoms with E-state index in [1.807, 2.05) is 19.4 Å². The molecule has 6 heteroatoms. The predicted octanol–water partition coefficient (Wildman–Crippen LogP) is 2.00. The Morgan fingerprint density at radius 3 is 2.75 bits per heavy atom. The summed E-state index contributed by atoms with van der Waals surface area (Å²) < 4.78 is 1.70. The molecule has 2 aromatic rings. The summed E-state index contributed by atoms with van der Waals surface area (Å²) in [5, 5.41) is 19.0. The van der Waals surface area contributed by atoms with Gasteiger partial charge in [-0.05, 0) is 6.92 Å². The molecule has 2 N–H and O–H groups in total. The molecule has 5 nitrogen and oxygen atoms in total. The lowest BCUT2D eigenvalue weighted by Crippen LogP contribution is -2.34. The summed E-state index contributed by atoms with van der Waals surface area (Å²) in [4.78, 5) is 5.59. The van der Waals surface area contributed by atoms with Crippen LogP contribution >= 0.6 is 11.3 Å². The van der Waals surface area contributed by atoms with Crippen molar-refractivity contribution < 1.29 is 5.11 Å². The van der Waals surface area contributed by atoms with Crippen molar-refractivity contribution in [3.63, 3.8) is 0 Å². The molecule has 0 aliphatic rings. The third kappa shape index (κ3) is 3.65. The average Bonchev–Trinajstić information content (AvgIpc) is 2.98. The topological polar surface area (TPSA) is 63.0 Å². The molecule has 20 heavy (non-hydrogen) atoms. The first kappa shape index (κ1) is 15.2. The minimum atomic E-state index is -0.917. The first-order chi connectivity index (χ1) is 9.38. The lowest BCUT2D eigenvalue weighted by molar-refractivity contribution is 0.0566. The molecule has 0 radical (unpaired) electrons. The molecule has 0 bridgehead atoms. The van der Waals surface area contributed by atoms with Crippen molar-refractivity contribution in [2.45, 2.75) is 38.8 Å². The molecule has 0 saturated carbocycles. The second kappa shape index (κ2) is 6.03. The van der Waals surface area contributed by atoms with Gasteiger partial charge in [-0.25, -0.2) is 4.98 Å². The number of rotatable bonds is 6. The van der Waals surface area contributed by atoms with Gasteiger partial charge < -0.3 is 10.4 Å². The fourth-order valence-corrected chi connectivity index (χ4v) is 2.79. The van der Waals surface area contributed by atoms with Gasteiger partial charge in [-0.15, -0.1) is 11.3 Å². The molecule has 0 amide bonds. The Labute approximate surface area is 123 Å². The molecule has 2 aromatic heterocycles. The molecule has 1 atom stereocenters. The van der Waals surface area contributed by atoms with Crippen LogP contribution in [0.5, 0.6) is 0 Å². The van der Waals surface area contributed by atoms with Crippen molar-refractivity contribution in [2.24, 2.45) is 7.05 Å². The number of hydrogen-bond donors (Lipinski definition) is 2. The summed E-state index contributed by atoms with van der Waals surface area (Å²) >= 11 is 1.72. The molecule has 0 aliphatic heterocycles. The van der Waals surface area contributed by atoms with Gasteiger partial charge in [0.15, 0.2) is 0 Å². The van der Waals surface area contributed by atoms with Crippen molar-refractivity contribution in [3.8, 4) is 0 Å². The molecule has 110 valence electrons. The average molecular weight is 294 g/mol. The number of thiazole rings is 1. The summed E-state index contributed by atoms with van der Waals surface area (Å²) in [5.74, 6) is 0.465. The first-order valence-electron chi connectivity index (χ1n) is 6.75. The van der Waals surface area contributed by atoms with Crippen LogP contribution in [0.3, 0.4) is 0 Å². The highest BCUT2D eigenvalue weighted by molar-refractivity contribution is 7.11. The normalized spacial score (nSPS) is 14.7. The van der Waals surface area contributed by atoms with Gasteiger partial charge in [0.1, 0.15) is 5.60 Å². The lowest BCUT2D eigenvalue weighted by Gasteiger charge is -2.22. The van der Waals surface area contributed by atoms with E-state index in [0.717, 1.165) is 17.1 Å². The molecule has 0 aromatic carbocycles. The molecular weight excluding hydrogens is 272 g/mol. The summed E-state index contributed by atoms with van der Waals surface area (Å²) in [6.07, 6.45) is 5.45. The number of aromatic nitrogens is 3. The van der Waals surface area contributed by atoms with Gasteiger partial charge in [-0.2, -0.15) is 5.10 Å². The first-order valence-corrected chi connectivity index (χ1v) is 7.57. The van der Waals surface area contributed by atoms with E-state index in [1.165, 1.54) is 4.88 Å². The predicted molar refractivity (Wildman–Crippen MR) is 80.7 cm³/mol. The van der Waals surface area contributed by atoms with Crippen LogP contribution < -0.4 is 5.32 Å². The highest BCUT2D eigenvalue weighted by atomic mass is 32.1. The largest absolute Gasteiger partial charge is 0.384 e. The maximum Gasteiger partial charge on any atom is 0.102 e. The van der Waals surface area contributed by atoms with Crippen LogP contribution in [0.4, 0.5) is 0 Å². The van der Waals surface area contributed by atoms with Gasteiger partial charge in [0.25, 0.3) is 0 Å². The molecule has 2 heterocycles. The quantitative estimate of drug-likeness (QED) is 0.855. The highest BCUT2D eigenvalue weighted by Gasteiger charge is 2.24. The number of aliphatic hydroxyl groups is 1. The Kier molecular flexibility index (Phi) is 4.57. The van der Waals surface area contributed by atoms with Crippen LogP contribution in [0, 0.1) is 0 Å². The van der Waals surface area contributed by atoms with Gasteiger partial charge in [0, 0.05) is 48.9 Å². The van der Waals surface area contributed by atoms with E-state index in [1.54, 1.807) is 29.1 Å². The molecular formula is C14H22N4OS. The maximum absolute atomic E-state index is 10.4. The van der Waals surface area contributed by atoms with Crippen molar-refractivity contribution in [1.29, 1.82) is 0 Å². The zero-order chi connectivity index (χ0) is 14.8. The van der Waals surface area contributed by atoms with Crippen LogP contribution in [0.25, 0.3) is 0 Å². The number of nitrogens with zero attached hydrogens (tertiary/aromatic N) is 3. The Morgan fingerprint density at radius 1 is 1.45 bits per heavy atom. The van der Waals surface area contributed by atoms with E-state index >= 15 is 0 Å². The third-order valence-electron chi connectivity index (χ3n) is 3.16. The van der Waals surface area contributed by atoms with Crippen LogP contribution in [0.2, 0.25) is 0 Å². The van der Waals surface area contributed by atoms with Crippen molar-refractivity contribution in [2.75, 3.05) is 6.54 Å². The lowest BCUT2D eigenvalue weighted by atomic mass is 10.00. The fourth-order valence-electron chi connectivity index (χ4n) is 1.90. The molecule has 0 saturated heterocycles. The van der Waals surface area contributed by atoms with E-state index < -0.39 is 5.60 Å². The fraction of sp³-hybridized carbons (Fsp3) is 0.571. The van der Waals surface area contributed by atoms with Gasteiger partial charge in [-0.1, -0.05) is 13.8 Å². The standard InChI is InChI=1S/C14H22N4OS/c1-10(2)13-16-7-12(20-13)6-15-9-14(3,19)11-5-17-18(4)8-11/h5,7-8,10,15,19H,6,9H2,1-4H3. The van der Waals surface area contributed by atoms with E-state index in [0.29, 0.717) is 12.5 Å². The van der Waals surface area contributed by atoms with Gasteiger partial charge in [-0.3, -0.25) is 4.68 Å². The Morgan fingerprint density at radius 2 is 2.20 bits per heavy atom. The summed E-state index contributed by atoms with van der Waals surface area (Å²) in [7, 11) is 1.85. The molecule has 1 unspecified atom stereocenters. The Hall–Kier alpha value is -1.24. The van der Waals surface area contributed by atoms with Gasteiger partial charge in [0.2, 0.25) is 0 Å². The second-order valence-electron chi connectivity index (χ2n) is 5.60. The number of nitrogens with one attached hydrogen (secondary N) is 1. The van der Waals surface area contributed by atoms with Crippen LogP contribution in [-0.4, -0.2) is 26.4 Å². The summed E-state index contributed by atoms with van der Waals surface area (Å²) in [5.41, 5.74) is -0.0977. The SMILES string of the molecule is CC(C)c1ncc(CNCC(C)(O)c2cnn(C)c2)s1. The Balaban J connectivity index is 1.88. The number of hydrogen-bond acceptors (Lipinski definition) is 5. The molecule has 0 fully saturated rings. The Bertz CT molecular complexity index is 559. The minimum Gasteiger partial charge on any atom is -0.384 e. The second-order valence-corrected chi connectivity index (χ2v) is 6.75. The van der Waals surface area contributed by atoms with Crippen LogP contribution in [0.1, 0.15) is 42.1 Å². The number of aryl methyl sites for hydroxylation is 1. The van der Waals surface area contributed by atoms with Crippen LogP contribution in [0.15, 0.2) is 18.6 Å². The van der Waals surface area contributed by atoms with E-state index in [-0.39, 0.29) is 0 Å². The van der Waals surface area contributed by atoms with E-state index in [9.17, 15) is 5.11 Å². The van der Waals surface area contributed by atoms with Crippen molar-refractivity contribution in [1.82, 2.24) is 20.1 Å². The van der Waals surface area contributed by atoms with Crippen molar-refractivity contribution >= 4 is 11.3 Å². The molecule has 2 rings (SSSR count). The van der Waals surface area contributed by atoms with Crippen LogP contribution in [-0.2, 0) is 19.2 Å². The minimum absolute atomic E-state index is 0.465.